The van der Waals surface area contributed by atoms with E-state index in [9.17, 15) is 0 Å². The van der Waals surface area contributed by atoms with Gasteiger partial charge in [-0.25, -0.2) is 0 Å². The Labute approximate surface area is 123 Å². The molecular weight excluding hydrogens is 264 g/mol. The van der Waals surface area contributed by atoms with Crippen LogP contribution in [0.15, 0.2) is 30.5 Å². The van der Waals surface area contributed by atoms with Gasteiger partial charge in [0.2, 0.25) is 0 Å². The summed E-state index contributed by atoms with van der Waals surface area (Å²) in [7, 11) is 0. The Kier molecular flexibility index (Phi) is 3.25. The normalized spacial score (nSPS) is 11.0. The van der Waals surface area contributed by atoms with Gasteiger partial charge < -0.3 is 10.5 Å². The SMILES string of the molecule is Cc1cc2nnc(COc3c(C)cccc3C)n2cc1N. The summed E-state index contributed by atoms with van der Waals surface area (Å²) in [4.78, 5) is 0. The average Bonchev–Trinajstić information content (AvgIpc) is 2.81. The molecule has 21 heavy (non-hydrogen) atoms. The van der Waals surface area contributed by atoms with Gasteiger partial charge in [0.1, 0.15) is 12.4 Å². The van der Waals surface area contributed by atoms with E-state index in [-0.39, 0.29) is 0 Å². The lowest BCUT2D eigenvalue weighted by Gasteiger charge is -2.11. The number of hydrogen-bond donors (Lipinski definition) is 1. The molecule has 0 aliphatic heterocycles. The van der Waals surface area contributed by atoms with E-state index in [0.29, 0.717) is 6.61 Å². The molecule has 2 aromatic heterocycles. The van der Waals surface area contributed by atoms with Crippen molar-refractivity contribution in [2.75, 3.05) is 5.73 Å². The van der Waals surface area contributed by atoms with Crippen molar-refractivity contribution >= 4 is 11.3 Å². The molecule has 0 aliphatic carbocycles. The number of hydrogen-bond acceptors (Lipinski definition) is 4. The number of pyridine rings is 1. The molecule has 108 valence electrons. The maximum Gasteiger partial charge on any atom is 0.175 e. The van der Waals surface area contributed by atoms with E-state index in [1.807, 2.05) is 55.6 Å². The number of ether oxygens (including phenoxy) is 1. The van der Waals surface area contributed by atoms with Crippen LogP contribution >= 0.6 is 0 Å². The molecule has 1 aromatic carbocycles. The van der Waals surface area contributed by atoms with E-state index in [2.05, 4.69) is 10.2 Å². The number of para-hydroxylation sites is 1. The molecule has 0 amide bonds. The monoisotopic (exact) mass is 282 g/mol. The first kappa shape index (κ1) is 13.4. The molecule has 5 heteroatoms. The molecule has 0 fully saturated rings. The lowest BCUT2D eigenvalue weighted by Crippen LogP contribution is -2.04. The first-order chi connectivity index (χ1) is 10.1. The van der Waals surface area contributed by atoms with E-state index in [1.54, 1.807) is 0 Å². The molecule has 0 unspecified atom stereocenters. The van der Waals surface area contributed by atoms with Crippen LogP contribution in [0.2, 0.25) is 0 Å². The van der Waals surface area contributed by atoms with E-state index < -0.39 is 0 Å². The number of nitrogens with zero attached hydrogens (tertiary/aromatic N) is 3. The highest BCUT2D eigenvalue weighted by molar-refractivity contribution is 5.53. The standard InChI is InChI=1S/C16H18N4O/c1-10-5-4-6-11(2)16(10)21-9-15-19-18-14-7-12(3)13(17)8-20(14)15/h4-8H,9,17H2,1-3H3. The summed E-state index contributed by atoms with van der Waals surface area (Å²) in [5.74, 6) is 1.63. The Bertz CT molecular complexity index is 787. The molecule has 0 bridgehead atoms. The van der Waals surface area contributed by atoms with Crippen molar-refractivity contribution in [1.82, 2.24) is 14.6 Å². The zero-order valence-corrected chi connectivity index (χ0v) is 12.4. The summed E-state index contributed by atoms with van der Waals surface area (Å²) in [6.07, 6.45) is 1.84. The zero-order valence-electron chi connectivity index (χ0n) is 12.4. The minimum Gasteiger partial charge on any atom is -0.485 e. The topological polar surface area (TPSA) is 65.4 Å². The molecule has 0 aliphatic rings. The zero-order chi connectivity index (χ0) is 15.0. The Morgan fingerprint density at radius 3 is 2.52 bits per heavy atom. The second-order valence-electron chi connectivity index (χ2n) is 5.27. The number of fused-ring (bicyclic) bond motifs is 1. The highest BCUT2D eigenvalue weighted by atomic mass is 16.5. The molecule has 2 N–H and O–H groups in total. The fourth-order valence-corrected chi connectivity index (χ4v) is 2.36. The van der Waals surface area contributed by atoms with Gasteiger partial charge in [-0.05, 0) is 43.5 Å². The number of nitrogens with two attached hydrogens (primary N) is 1. The van der Waals surface area contributed by atoms with Crippen molar-refractivity contribution < 1.29 is 4.74 Å². The van der Waals surface area contributed by atoms with Gasteiger partial charge in [-0.2, -0.15) is 0 Å². The molecule has 3 aromatic rings. The van der Waals surface area contributed by atoms with Crippen LogP contribution < -0.4 is 10.5 Å². The van der Waals surface area contributed by atoms with Crippen molar-refractivity contribution in [2.24, 2.45) is 0 Å². The first-order valence-electron chi connectivity index (χ1n) is 6.85. The highest BCUT2D eigenvalue weighted by Gasteiger charge is 2.10. The molecule has 0 spiro atoms. The third-order valence-corrected chi connectivity index (χ3v) is 3.62. The Hall–Kier alpha value is -2.56. The van der Waals surface area contributed by atoms with Crippen molar-refractivity contribution in [3.8, 4) is 5.75 Å². The predicted octanol–water partition coefficient (Wildman–Crippen LogP) is 2.82. The second-order valence-corrected chi connectivity index (χ2v) is 5.27. The summed E-state index contributed by atoms with van der Waals surface area (Å²) in [5, 5.41) is 8.34. The van der Waals surface area contributed by atoms with Gasteiger partial charge in [0.15, 0.2) is 11.5 Å². The number of benzene rings is 1. The number of rotatable bonds is 3. The van der Waals surface area contributed by atoms with Crippen molar-refractivity contribution in [2.45, 2.75) is 27.4 Å². The third-order valence-electron chi connectivity index (χ3n) is 3.62. The fourth-order valence-electron chi connectivity index (χ4n) is 2.36. The quantitative estimate of drug-likeness (QED) is 0.802. The van der Waals surface area contributed by atoms with Gasteiger partial charge >= 0.3 is 0 Å². The van der Waals surface area contributed by atoms with E-state index in [1.165, 1.54) is 0 Å². The average molecular weight is 282 g/mol. The van der Waals surface area contributed by atoms with Crippen LogP contribution in [0, 0.1) is 20.8 Å². The van der Waals surface area contributed by atoms with Crippen LogP contribution in [-0.2, 0) is 6.61 Å². The first-order valence-corrected chi connectivity index (χ1v) is 6.85. The van der Waals surface area contributed by atoms with Gasteiger partial charge in [0, 0.05) is 6.20 Å². The van der Waals surface area contributed by atoms with Crippen LogP contribution in [0.5, 0.6) is 5.75 Å². The van der Waals surface area contributed by atoms with E-state index in [0.717, 1.165) is 39.6 Å². The molecule has 3 rings (SSSR count). The van der Waals surface area contributed by atoms with Crippen LogP contribution in [0.4, 0.5) is 5.69 Å². The number of aryl methyl sites for hydroxylation is 3. The number of anilines is 1. The van der Waals surface area contributed by atoms with Gasteiger partial charge in [-0.3, -0.25) is 4.40 Å². The Balaban J connectivity index is 1.91. The molecule has 0 atom stereocenters. The van der Waals surface area contributed by atoms with Crippen molar-refractivity contribution in [1.29, 1.82) is 0 Å². The van der Waals surface area contributed by atoms with Crippen molar-refractivity contribution in [3.63, 3.8) is 0 Å². The van der Waals surface area contributed by atoms with Crippen LogP contribution in [-0.4, -0.2) is 14.6 Å². The van der Waals surface area contributed by atoms with Gasteiger partial charge in [0.05, 0.1) is 5.69 Å². The maximum atomic E-state index is 5.95. The largest absolute Gasteiger partial charge is 0.485 e. The molecule has 5 nitrogen and oxygen atoms in total. The van der Waals surface area contributed by atoms with Crippen molar-refractivity contribution in [3.05, 3.63) is 53.0 Å². The second kappa shape index (κ2) is 5.09. The van der Waals surface area contributed by atoms with E-state index >= 15 is 0 Å². The summed E-state index contributed by atoms with van der Waals surface area (Å²) in [6.45, 7) is 6.38. The van der Waals surface area contributed by atoms with Crippen LogP contribution in [0.3, 0.4) is 0 Å². The maximum absolute atomic E-state index is 5.95. The van der Waals surface area contributed by atoms with Crippen LogP contribution in [0.1, 0.15) is 22.5 Å². The lowest BCUT2D eigenvalue weighted by atomic mass is 10.1. The summed E-state index contributed by atoms with van der Waals surface area (Å²) < 4.78 is 7.80. The Morgan fingerprint density at radius 2 is 1.81 bits per heavy atom. The minimum absolute atomic E-state index is 0.357. The molecule has 0 saturated heterocycles. The smallest absolute Gasteiger partial charge is 0.175 e. The molecule has 0 saturated carbocycles. The van der Waals surface area contributed by atoms with E-state index in [4.69, 9.17) is 10.5 Å². The Morgan fingerprint density at radius 1 is 1.10 bits per heavy atom. The fraction of sp³-hybridized carbons (Fsp3) is 0.250. The summed E-state index contributed by atoms with van der Waals surface area (Å²) in [6, 6.07) is 8.01. The predicted molar refractivity (Wildman–Crippen MR) is 82.4 cm³/mol. The minimum atomic E-state index is 0.357. The lowest BCUT2D eigenvalue weighted by molar-refractivity contribution is 0.290. The van der Waals surface area contributed by atoms with Gasteiger partial charge in [-0.15, -0.1) is 10.2 Å². The summed E-state index contributed by atoms with van der Waals surface area (Å²) in [5.41, 5.74) is 10.7. The summed E-state index contributed by atoms with van der Waals surface area (Å²) >= 11 is 0. The molecule has 2 heterocycles. The third kappa shape index (κ3) is 2.42. The van der Waals surface area contributed by atoms with Crippen LogP contribution in [0.25, 0.3) is 5.65 Å². The molecular formula is C16H18N4O. The highest BCUT2D eigenvalue weighted by Crippen LogP contribution is 2.23. The van der Waals surface area contributed by atoms with Gasteiger partial charge in [-0.1, -0.05) is 18.2 Å². The number of nitrogen functional groups attached to an aromatic ring is 1. The molecule has 0 radical (unpaired) electrons. The number of aromatic nitrogens is 3. The van der Waals surface area contributed by atoms with Gasteiger partial charge in [0.25, 0.3) is 0 Å².